The molecule has 1 unspecified atom stereocenters. The van der Waals surface area contributed by atoms with Crippen LogP contribution in [-0.2, 0) is 91.9 Å². The number of carbonyl (C=O) groups excluding carboxylic acids is 6. The maximum atomic E-state index is 15.6. The minimum atomic E-state index is -2.65. The molecule has 6 heterocycles. The zero-order chi connectivity index (χ0) is 61.8. The molecule has 0 radical (unpaired) electrons. The Labute approximate surface area is 497 Å². The second-order valence-corrected chi connectivity index (χ2v) is 24.2. The number of fused-ring (bicyclic) bond motifs is 3. The van der Waals surface area contributed by atoms with Gasteiger partial charge in [0.25, 0.3) is 0 Å². The van der Waals surface area contributed by atoms with Crippen molar-refractivity contribution in [3.8, 4) is 5.75 Å². The molecule has 3 aliphatic carbocycles. The average Bonchev–Trinajstić information content (AvgIpc) is 0.699. The number of Topliss-reactive ketones (excluding diaryl/α,β-unsaturated/α-hetero) is 4. The van der Waals surface area contributed by atoms with Crippen molar-refractivity contribution in [1.82, 2.24) is 0 Å². The van der Waals surface area contributed by atoms with E-state index in [-0.39, 0.29) is 54.5 Å². The van der Waals surface area contributed by atoms with Gasteiger partial charge in [-0.15, -0.1) is 0 Å². The number of carboxylic acids is 1. The van der Waals surface area contributed by atoms with Gasteiger partial charge in [-0.3, -0.25) is 33.6 Å². The van der Waals surface area contributed by atoms with Crippen LogP contribution in [0.2, 0.25) is 0 Å². The van der Waals surface area contributed by atoms with Crippen LogP contribution < -0.4 is 0 Å². The summed E-state index contributed by atoms with van der Waals surface area (Å²) in [7, 11) is 1.21. The number of ketones is 5. The highest BCUT2D eigenvalue weighted by atomic mass is 16.8. The monoisotopic (exact) mass is 1210 g/mol. The van der Waals surface area contributed by atoms with Gasteiger partial charge in [-0.05, 0) is 112 Å². The molecule has 10 rings (SSSR count). The number of aliphatic hydroxyl groups excluding tert-OH is 2. The number of ether oxygens (including phenoxy) is 14. The second kappa shape index (κ2) is 26.1. The molecule has 0 amide bonds. The van der Waals surface area contributed by atoms with Crippen molar-refractivity contribution in [1.29, 1.82) is 0 Å². The third-order valence-electron chi connectivity index (χ3n) is 18.3. The van der Waals surface area contributed by atoms with E-state index in [0.29, 0.717) is 64.2 Å². The van der Waals surface area contributed by atoms with Gasteiger partial charge >= 0.3 is 11.9 Å². The SMILES string of the molecule is COC1=CC(=O)c2c(cc3c(c2O)C(=O)[C@@]2(O[C@H]4CC[C@H](O[C@H]5CC[C@H](O)[C@@H](C)O5)[C@@H](C)O4)C(O)=C(C(C)=O)C(=O)[C@H](O[C@H]4CC[C@H](O[C@H]5CC[C@H](O[C@H]6CC[C@H](O[C@H]7CC[C@H](OC(=O)C(C)C(=O)O)[C@H](C)O7)[C@H](C)O6)[C@H](C)O5)[C@@H](C)O4)[C@H]2C3)C1=O. The van der Waals surface area contributed by atoms with Crippen molar-refractivity contribution >= 4 is 40.9 Å². The van der Waals surface area contributed by atoms with Gasteiger partial charge in [-0.1, -0.05) is 0 Å². The summed E-state index contributed by atoms with van der Waals surface area (Å²) in [5.41, 5.74) is -4.59. The number of methoxy groups -OCH3 is 1. The molecule has 1 aromatic carbocycles. The highest BCUT2D eigenvalue weighted by molar-refractivity contribution is 6.28. The fourth-order valence-electron chi connectivity index (χ4n) is 13.3. The predicted molar refractivity (Wildman–Crippen MR) is 291 cm³/mol. The molecule has 1 aromatic rings. The fourth-order valence-corrected chi connectivity index (χ4v) is 13.3. The van der Waals surface area contributed by atoms with Crippen LogP contribution in [0.25, 0.3) is 0 Å². The molecule has 0 spiro atoms. The van der Waals surface area contributed by atoms with Crippen molar-refractivity contribution in [3.63, 3.8) is 0 Å². The molecule has 6 saturated heterocycles. The van der Waals surface area contributed by atoms with Crippen molar-refractivity contribution in [2.75, 3.05) is 7.11 Å². The molecular formula is C61H80O25. The zero-order valence-electron chi connectivity index (χ0n) is 49.8. The Morgan fingerprint density at radius 1 is 0.605 bits per heavy atom. The number of benzene rings is 1. The van der Waals surface area contributed by atoms with E-state index in [1.165, 1.54) is 20.1 Å². The average molecular weight is 1210 g/mol. The lowest BCUT2D eigenvalue weighted by atomic mass is 9.62. The number of aliphatic hydroxyl groups is 2. The van der Waals surface area contributed by atoms with E-state index in [9.17, 15) is 44.1 Å². The van der Waals surface area contributed by atoms with Crippen LogP contribution in [-0.4, -0.2) is 191 Å². The molecule has 0 aromatic heterocycles. The van der Waals surface area contributed by atoms with Crippen LogP contribution in [0.4, 0.5) is 0 Å². The highest BCUT2D eigenvalue weighted by Gasteiger charge is 2.66. The second-order valence-electron chi connectivity index (χ2n) is 24.2. The first-order chi connectivity index (χ1) is 40.9. The van der Waals surface area contributed by atoms with Crippen LogP contribution >= 0.6 is 0 Å². The number of phenolic OH excluding ortho intramolecular Hbond substituents is 1. The minimum Gasteiger partial charge on any atom is -0.508 e. The van der Waals surface area contributed by atoms with Crippen molar-refractivity contribution in [2.45, 2.75) is 262 Å². The number of aromatic hydroxyl groups is 1. The Balaban J connectivity index is 0.785. The number of aliphatic carboxylic acids is 1. The number of allylic oxidation sites excluding steroid dienone is 2. The van der Waals surface area contributed by atoms with E-state index in [1.54, 1.807) is 27.7 Å². The van der Waals surface area contributed by atoms with Crippen molar-refractivity contribution < 1.29 is 120 Å². The number of hydrogen-bond donors (Lipinski definition) is 4. The third kappa shape index (κ3) is 12.7. The first kappa shape index (κ1) is 63.9. The minimum absolute atomic E-state index is 0.0319. The van der Waals surface area contributed by atoms with Crippen LogP contribution in [0.3, 0.4) is 0 Å². The molecule has 25 nitrogen and oxygen atoms in total. The Hall–Kier alpha value is -5.13. The Kier molecular flexibility index (Phi) is 19.4. The number of esters is 1. The van der Waals surface area contributed by atoms with Gasteiger partial charge in [0, 0.05) is 56.1 Å². The topological polar surface area (TPSA) is 330 Å². The lowest BCUT2D eigenvalue weighted by molar-refractivity contribution is -0.316. The molecule has 4 N–H and O–H groups in total. The summed E-state index contributed by atoms with van der Waals surface area (Å²) < 4.78 is 86.8. The number of rotatable bonds is 17. The summed E-state index contributed by atoms with van der Waals surface area (Å²) >= 11 is 0. The molecule has 6 fully saturated rings. The molecule has 22 atom stereocenters. The van der Waals surface area contributed by atoms with Crippen molar-refractivity contribution in [2.24, 2.45) is 11.8 Å². The van der Waals surface area contributed by atoms with Gasteiger partial charge in [0.15, 0.2) is 72.4 Å². The van der Waals surface area contributed by atoms with Gasteiger partial charge in [-0.25, -0.2) is 0 Å². The van der Waals surface area contributed by atoms with Gasteiger partial charge in [0.2, 0.25) is 11.6 Å². The molecule has 9 aliphatic rings. The lowest BCUT2D eigenvalue weighted by Crippen LogP contribution is -2.65. The van der Waals surface area contributed by atoms with Crippen LogP contribution in [0, 0.1) is 11.8 Å². The number of hydrogen-bond acceptors (Lipinski definition) is 24. The molecule has 474 valence electrons. The predicted octanol–water partition coefficient (Wildman–Crippen LogP) is 5.47. The Morgan fingerprint density at radius 3 is 1.50 bits per heavy atom. The first-order valence-electron chi connectivity index (χ1n) is 30.1. The van der Waals surface area contributed by atoms with Gasteiger partial charge in [-0.2, -0.15) is 0 Å². The third-order valence-corrected chi connectivity index (χ3v) is 18.3. The maximum Gasteiger partial charge on any atom is 0.320 e. The van der Waals surface area contributed by atoms with E-state index >= 15 is 4.79 Å². The number of carboxylic acid groups (broad SMARTS) is 1. The quantitative estimate of drug-likeness (QED) is 0.0854. The molecule has 6 aliphatic heterocycles. The number of phenols is 1. The normalized spacial score (nSPS) is 39.8. The van der Waals surface area contributed by atoms with Crippen LogP contribution in [0.5, 0.6) is 5.75 Å². The summed E-state index contributed by atoms with van der Waals surface area (Å²) in [6, 6.07) is 1.28. The standard InChI is InChI=1S/C61H80O25/c1-25(59(70)71)60(72)84-42-14-19-47(77-32(42)8)82-39-12-17-45(75-29(39)5)81-38-11-18-46(76-28(38)4)83-40-13-20-48(78-30(40)6)85-56-35-23-33-22-34-52(37(64)24-43(73-9)53(34)65)54(66)51(33)58(69)61(35,57(68)50(26(2)62)55(56)67)86-49-21-15-41(31(7)79-49)80-44-16-10-36(63)27(3)74-44/h22,24-25,27-32,35-36,38-42,44-49,56,63,66,68H,10-21,23H2,1-9H3,(H,70,71)/t25?,27-,28+,29+,30-,31-,32+,35-,36+,38+,39+,40+,41+,42+,44+,45+,46+,47+,48+,49+,56-,61+/m1/s1. The fraction of sp³-hybridized carbons (Fsp3) is 0.721. The van der Waals surface area contributed by atoms with E-state index in [1.807, 2.05) is 13.8 Å². The van der Waals surface area contributed by atoms with Crippen molar-refractivity contribution in [3.05, 3.63) is 51.5 Å². The van der Waals surface area contributed by atoms with Gasteiger partial charge in [0.05, 0.1) is 85.4 Å². The van der Waals surface area contributed by atoms with E-state index in [2.05, 4.69) is 0 Å². The smallest absolute Gasteiger partial charge is 0.320 e. The largest absolute Gasteiger partial charge is 0.508 e. The lowest BCUT2D eigenvalue weighted by Gasteiger charge is -2.51. The van der Waals surface area contributed by atoms with E-state index in [0.717, 1.165) is 13.0 Å². The Bertz CT molecular complexity index is 2850. The van der Waals surface area contributed by atoms with Gasteiger partial charge in [0.1, 0.15) is 29.3 Å². The molecular weight excluding hydrogens is 1130 g/mol. The summed E-state index contributed by atoms with van der Waals surface area (Å²) in [6.07, 6.45) is -6.97. The van der Waals surface area contributed by atoms with E-state index < -0.39 is 185 Å². The summed E-state index contributed by atoms with van der Waals surface area (Å²) in [6.45, 7) is 13.1. The molecule has 86 heavy (non-hydrogen) atoms. The maximum absolute atomic E-state index is 15.6. The van der Waals surface area contributed by atoms with Crippen LogP contribution in [0.15, 0.2) is 29.2 Å². The first-order valence-corrected chi connectivity index (χ1v) is 30.1. The Morgan fingerprint density at radius 2 is 1.05 bits per heavy atom. The zero-order valence-corrected chi connectivity index (χ0v) is 49.8. The summed E-state index contributed by atoms with van der Waals surface area (Å²) in [5, 5.41) is 43.8. The summed E-state index contributed by atoms with van der Waals surface area (Å²) in [5.74, 6) is -11.6. The summed E-state index contributed by atoms with van der Waals surface area (Å²) in [4.78, 5) is 94.7. The molecule has 0 bridgehead atoms. The van der Waals surface area contributed by atoms with Gasteiger partial charge < -0.3 is 86.7 Å². The highest BCUT2D eigenvalue weighted by Crippen LogP contribution is 2.52. The van der Waals surface area contributed by atoms with Crippen LogP contribution in [0.1, 0.15) is 169 Å². The molecule has 25 heteroatoms. The number of carbonyl (C=O) groups is 7. The molecule has 0 saturated carbocycles. The van der Waals surface area contributed by atoms with E-state index in [4.69, 9.17) is 71.4 Å².